The molecule has 0 saturated carbocycles. The van der Waals surface area contributed by atoms with Crippen LogP contribution in [0.2, 0.25) is 5.02 Å². The monoisotopic (exact) mass is 316 g/mol. The SMILES string of the molecule is O=C(c1ccccn1)N1CCOC(Cc2cccc(Cl)c2)C1. The maximum Gasteiger partial charge on any atom is 0.272 e. The van der Waals surface area contributed by atoms with Gasteiger partial charge in [-0.05, 0) is 29.8 Å². The minimum atomic E-state index is -0.0417. The number of carbonyl (C=O) groups excluding carboxylic acids is 1. The van der Waals surface area contributed by atoms with E-state index in [1.54, 1.807) is 23.2 Å². The summed E-state index contributed by atoms with van der Waals surface area (Å²) >= 11 is 6.01. The molecule has 1 atom stereocenters. The molecule has 1 aliphatic heterocycles. The first-order valence-corrected chi connectivity index (χ1v) is 7.66. The highest BCUT2D eigenvalue weighted by Gasteiger charge is 2.25. The zero-order chi connectivity index (χ0) is 15.4. The van der Waals surface area contributed by atoms with Crippen molar-refractivity contribution in [2.75, 3.05) is 19.7 Å². The van der Waals surface area contributed by atoms with Crippen LogP contribution in [0.5, 0.6) is 0 Å². The van der Waals surface area contributed by atoms with Gasteiger partial charge >= 0.3 is 0 Å². The summed E-state index contributed by atoms with van der Waals surface area (Å²) in [5, 5.41) is 0.717. The van der Waals surface area contributed by atoms with Gasteiger partial charge in [0.05, 0.1) is 12.7 Å². The molecule has 1 aliphatic rings. The van der Waals surface area contributed by atoms with E-state index in [0.717, 1.165) is 17.0 Å². The topological polar surface area (TPSA) is 42.4 Å². The van der Waals surface area contributed by atoms with Crippen LogP contribution in [0.15, 0.2) is 48.7 Å². The molecule has 0 spiro atoms. The molecule has 2 aromatic rings. The highest BCUT2D eigenvalue weighted by Crippen LogP contribution is 2.16. The van der Waals surface area contributed by atoms with Crippen LogP contribution in [-0.4, -0.2) is 41.6 Å². The minimum absolute atomic E-state index is 0.0140. The summed E-state index contributed by atoms with van der Waals surface area (Å²) in [6.45, 7) is 1.72. The Morgan fingerprint density at radius 3 is 3.00 bits per heavy atom. The second kappa shape index (κ2) is 6.90. The van der Waals surface area contributed by atoms with Gasteiger partial charge in [0.2, 0.25) is 0 Å². The van der Waals surface area contributed by atoms with Gasteiger partial charge in [0.15, 0.2) is 0 Å². The van der Waals surface area contributed by atoms with Gasteiger partial charge in [-0.25, -0.2) is 0 Å². The highest BCUT2D eigenvalue weighted by atomic mass is 35.5. The van der Waals surface area contributed by atoms with Gasteiger partial charge in [-0.3, -0.25) is 9.78 Å². The number of hydrogen-bond acceptors (Lipinski definition) is 3. The first-order chi connectivity index (χ1) is 10.7. The molecule has 0 aliphatic carbocycles. The van der Waals surface area contributed by atoms with Crippen molar-refractivity contribution in [3.63, 3.8) is 0 Å². The van der Waals surface area contributed by atoms with Crippen LogP contribution >= 0.6 is 11.6 Å². The van der Waals surface area contributed by atoms with E-state index in [1.165, 1.54) is 0 Å². The number of hydrogen-bond donors (Lipinski definition) is 0. The molecule has 22 heavy (non-hydrogen) atoms. The fourth-order valence-electron chi connectivity index (χ4n) is 2.61. The Morgan fingerprint density at radius 2 is 2.23 bits per heavy atom. The Morgan fingerprint density at radius 1 is 1.32 bits per heavy atom. The average molecular weight is 317 g/mol. The fourth-order valence-corrected chi connectivity index (χ4v) is 2.82. The number of halogens is 1. The molecule has 1 unspecified atom stereocenters. The Kier molecular flexibility index (Phi) is 4.71. The molecule has 1 amide bonds. The summed E-state index contributed by atoms with van der Waals surface area (Å²) in [5.41, 5.74) is 1.59. The molecule has 114 valence electrons. The Balaban J connectivity index is 1.65. The quantitative estimate of drug-likeness (QED) is 0.874. The van der Waals surface area contributed by atoms with Crippen molar-refractivity contribution in [2.24, 2.45) is 0 Å². The number of ether oxygens (including phenoxy) is 1. The zero-order valence-electron chi connectivity index (χ0n) is 12.1. The molecular weight excluding hydrogens is 300 g/mol. The van der Waals surface area contributed by atoms with Crippen LogP contribution in [0.1, 0.15) is 16.1 Å². The summed E-state index contributed by atoms with van der Waals surface area (Å²) in [5.74, 6) is -0.0417. The molecule has 0 radical (unpaired) electrons. The smallest absolute Gasteiger partial charge is 0.272 e. The second-order valence-corrected chi connectivity index (χ2v) is 5.73. The van der Waals surface area contributed by atoms with Gasteiger partial charge < -0.3 is 9.64 Å². The second-order valence-electron chi connectivity index (χ2n) is 5.29. The summed E-state index contributed by atoms with van der Waals surface area (Å²) in [4.78, 5) is 18.4. The van der Waals surface area contributed by atoms with Gasteiger partial charge in [0.1, 0.15) is 5.69 Å². The minimum Gasteiger partial charge on any atom is -0.374 e. The molecule has 1 aromatic heterocycles. The third-order valence-corrected chi connectivity index (χ3v) is 3.90. The van der Waals surface area contributed by atoms with Crippen molar-refractivity contribution >= 4 is 17.5 Å². The molecule has 4 nitrogen and oxygen atoms in total. The Bertz CT molecular complexity index is 648. The van der Waals surface area contributed by atoms with Crippen LogP contribution in [0.25, 0.3) is 0 Å². The molecule has 0 N–H and O–H groups in total. The van der Waals surface area contributed by atoms with Crippen LogP contribution in [-0.2, 0) is 11.2 Å². The maximum absolute atomic E-state index is 12.4. The number of benzene rings is 1. The lowest BCUT2D eigenvalue weighted by atomic mass is 10.1. The summed E-state index contributed by atoms with van der Waals surface area (Å²) in [6, 6.07) is 13.1. The Labute approximate surface area is 134 Å². The number of carbonyl (C=O) groups is 1. The number of rotatable bonds is 3. The van der Waals surface area contributed by atoms with E-state index in [4.69, 9.17) is 16.3 Å². The number of nitrogens with zero attached hydrogens (tertiary/aromatic N) is 2. The number of amides is 1. The van der Waals surface area contributed by atoms with E-state index in [0.29, 0.717) is 25.4 Å². The number of morpholine rings is 1. The standard InChI is InChI=1S/C17H17ClN2O2/c18-14-5-3-4-13(10-14)11-15-12-20(8-9-22-15)17(21)16-6-1-2-7-19-16/h1-7,10,15H,8-9,11-12H2. The fraction of sp³-hybridized carbons (Fsp3) is 0.294. The van der Waals surface area contributed by atoms with E-state index in [-0.39, 0.29) is 12.0 Å². The van der Waals surface area contributed by atoms with Crippen LogP contribution in [0.4, 0.5) is 0 Å². The van der Waals surface area contributed by atoms with Crippen molar-refractivity contribution < 1.29 is 9.53 Å². The van der Waals surface area contributed by atoms with Gasteiger partial charge in [-0.1, -0.05) is 29.8 Å². The molecule has 3 rings (SSSR count). The lowest BCUT2D eigenvalue weighted by molar-refractivity contribution is -0.0210. The summed E-state index contributed by atoms with van der Waals surface area (Å²) < 4.78 is 5.78. The predicted molar refractivity (Wildman–Crippen MR) is 85.0 cm³/mol. The maximum atomic E-state index is 12.4. The molecule has 2 heterocycles. The lowest BCUT2D eigenvalue weighted by Gasteiger charge is -2.33. The summed E-state index contributed by atoms with van der Waals surface area (Å²) in [7, 11) is 0. The van der Waals surface area contributed by atoms with E-state index in [1.807, 2.05) is 30.3 Å². The van der Waals surface area contributed by atoms with Crippen molar-refractivity contribution in [3.8, 4) is 0 Å². The molecule has 1 aromatic carbocycles. The number of aromatic nitrogens is 1. The summed E-state index contributed by atoms with van der Waals surface area (Å²) in [6.07, 6.45) is 2.36. The molecule has 1 saturated heterocycles. The first-order valence-electron chi connectivity index (χ1n) is 7.29. The number of pyridine rings is 1. The first kappa shape index (κ1) is 15.0. The highest BCUT2D eigenvalue weighted by molar-refractivity contribution is 6.30. The predicted octanol–water partition coefficient (Wildman–Crippen LogP) is 2.82. The van der Waals surface area contributed by atoms with E-state index in [9.17, 15) is 4.79 Å². The zero-order valence-corrected chi connectivity index (χ0v) is 12.9. The molecule has 1 fully saturated rings. The third-order valence-electron chi connectivity index (χ3n) is 3.66. The normalized spacial score (nSPS) is 18.2. The van der Waals surface area contributed by atoms with Gasteiger partial charge in [-0.15, -0.1) is 0 Å². The molecular formula is C17H17ClN2O2. The Hall–Kier alpha value is -1.91. The van der Waals surface area contributed by atoms with Crippen LogP contribution < -0.4 is 0 Å². The van der Waals surface area contributed by atoms with Crippen molar-refractivity contribution in [1.29, 1.82) is 0 Å². The third kappa shape index (κ3) is 3.64. The van der Waals surface area contributed by atoms with E-state index in [2.05, 4.69) is 4.98 Å². The van der Waals surface area contributed by atoms with Gasteiger partial charge in [0, 0.05) is 30.7 Å². The average Bonchev–Trinajstić information content (AvgIpc) is 2.55. The van der Waals surface area contributed by atoms with Crippen molar-refractivity contribution in [3.05, 3.63) is 64.9 Å². The molecule has 0 bridgehead atoms. The van der Waals surface area contributed by atoms with Crippen molar-refractivity contribution in [2.45, 2.75) is 12.5 Å². The largest absolute Gasteiger partial charge is 0.374 e. The lowest BCUT2D eigenvalue weighted by Crippen LogP contribution is -2.46. The van der Waals surface area contributed by atoms with Gasteiger partial charge in [-0.2, -0.15) is 0 Å². The molecule has 5 heteroatoms. The van der Waals surface area contributed by atoms with E-state index >= 15 is 0 Å². The van der Waals surface area contributed by atoms with E-state index < -0.39 is 0 Å². The van der Waals surface area contributed by atoms with Crippen molar-refractivity contribution in [1.82, 2.24) is 9.88 Å². The van der Waals surface area contributed by atoms with Crippen LogP contribution in [0.3, 0.4) is 0 Å². The van der Waals surface area contributed by atoms with Gasteiger partial charge in [0.25, 0.3) is 5.91 Å². The van der Waals surface area contributed by atoms with Crippen LogP contribution in [0, 0.1) is 0 Å².